The Morgan fingerprint density at radius 1 is 1.13 bits per heavy atom. The molecule has 1 nitrogen and oxygen atoms in total. The standard InChI is InChI=1S/C14H20O/c1-11-8-9-14(15,10-12(11)2)13-6-4-3-5-7-13/h3-7,11-12,15H,8-10H2,1-2H3. The van der Waals surface area contributed by atoms with E-state index >= 15 is 0 Å². The largest absolute Gasteiger partial charge is 0.385 e. The molecule has 82 valence electrons. The van der Waals surface area contributed by atoms with Crippen molar-refractivity contribution in [2.24, 2.45) is 11.8 Å². The Balaban J connectivity index is 2.21. The number of hydrogen-bond donors (Lipinski definition) is 1. The van der Waals surface area contributed by atoms with Gasteiger partial charge in [-0.3, -0.25) is 0 Å². The second kappa shape index (κ2) is 3.97. The monoisotopic (exact) mass is 204 g/mol. The zero-order valence-electron chi connectivity index (χ0n) is 9.61. The minimum Gasteiger partial charge on any atom is -0.385 e. The number of hydrogen-bond acceptors (Lipinski definition) is 1. The van der Waals surface area contributed by atoms with Crippen molar-refractivity contribution < 1.29 is 5.11 Å². The van der Waals surface area contributed by atoms with E-state index in [-0.39, 0.29) is 0 Å². The molecule has 1 heteroatoms. The van der Waals surface area contributed by atoms with Gasteiger partial charge in [0.05, 0.1) is 5.60 Å². The molecule has 0 heterocycles. The molecule has 0 saturated heterocycles. The quantitative estimate of drug-likeness (QED) is 0.744. The van der Waals surface area contributed by atoms with E-state index in [1.165, 1.54) is 0 Å². The Morgan fingerprint density at radius 2 is 1.80 bits per heavy atom. The van der Waals surface area contributed by atoms with Crippen molar-refractivity contribution in [3.05, 3.63) is 35.9 Å². The summed E-state index contributed by atoms with van der Waals surface area (Å²) < 4.78 is 0. The molecule has 1 aliphatic rings. The van der Waals surface area contributed by atoms with E-state index in [9.17, 15) is 5.11 Å². The summed E-state index contributed by atoms with van der Waals surface area (Å²) in [5, 5.41) is 10.6. The number of benzene rings is 1. The fourth-order valence-corrected chi connectivity index (χ4v) is 2.60. The van der Waals surface area contributed by atoms with Gasteiger partial charge in [-0.25, -0.2) is 0 Å². The van der Waals surface area contributed by atoms with E-state index in [4.69, 9.17) is 0 Å². The van der Waals surface area contributed by atoms with Crippen LogP contribution in [0.2, 0.25) is 0 Å². The molecule has 2 rings (SSSR count). The van der Waals surface area contributed by atoms with Crippen LogP contribution in [0.4, 0.5) is 0 Å². The first-order chi connectivity index (χ1) is 7.12. The van der Waals surface area contributed by atoms with Gasteiger partial charge in [-0.05, 0) is 36.7 Å². The molecular weight excluding hydrogens is 184 g/mol. The second-order valence-corrected chi connectivity index (χ2v) is 5.09. The smallest absolute Gasteiger partial charge is 0.0899 e. The van der Waals surface area contributed by atoms with Gasteiger partial charge in [0.15, 0.2) is 0 Å². The van der Waals surface area contributed by atoms with Gasteiger partial charge < -0.3 is 5.11 Å². The van der Waals surface area contributed by atoms with Crippen LogP contribution in [-0.4, -0.2) is 5.11 Å². The van der Waals surface area contributed by atoms with E-state index in [0.717, 1.165) is 30.7 Å². The average molecular weight is 204 g/mol. The van der Waals surface area contributed by atoms with Crippen LogP contribution in [0.1, 0.15) is 38.7 Å². The Kier molecular flexibility index (Phi) is 2.83. The molecule has 1 aliphatic carbocycles. The van der Waals surface area contributed by atoms with Crippen LogP contribution in [0.25, 0.3) is 0 Å². The lowest BCUT2D eigenvalue weighted by Crippen LogP contribution is -2.35. The van der Waals surface area contributed by atoms with E-state index in [1.807, 2.05) is 30.3 Å². The maximum Gasteiger partial charge on any atom is 0.0899 e. The van der Waals surface area contributed by atoms with Gasteiger partial charge in [-0.2, -0.15) is 0 Å². The van der Waals surface area contributed by atoms with Crippen molar-refractivity contribution in [2.75, 3.05) is 0 Å². The fourth-order valence-electron chi connectivity index (χ4n) is 2.60. The van der Waals surface area contributed by atoms with Gasteiger partial charge in [-0.15, -0.1) is 0 Å². The summed E-state index contributed by atoms with van der Waals surface area (Å²) in [6, 6.07) is 10.1. The molecule has 1 aromatic rings. The Morgan fingerprint density at radius 3 is 2.40 bits per heavy atom. The van der Waals surface area contributed by atoms with Gasteiger partial charge in [0.25, 0.3) is 0 Å². The van der Waals surface area contributed by atoms with Crippen LogP contribution in [0, 0.1) is 11.8 Å². The summed E-state index contributed by atoms with van der Waals surface area (Å²) in [4.78, 5) is 0. The summed E-state index contributed by atoms with van der Waals surface area (Å²) in [5.74, 6) is 1.36. The van der Waals surface area contributed by atoms with Crippen LogP contribution in [0.15, 0.2) is 30.3 Å². The molecule has 1 aromatic carbocycles. The van der Waals surface area contributed by atoms with Crippen LogP contribution >= 0.6 is 0 Å². The molecule has 3 atom stereocenters. The molecule has 0 amide bonds. The molecule has 0 aliphatic heterocycles. The summed E-state index contributed by atoms with van der Waals surface area (Å²) in [5.41, 5.74) is 0.511. The molecule has 15 heavy (non-hydrogen) atoms. The third kappa shape index (κ3) is 2.07. The van der Waals surface area contributed by atoms with Crippen molar-refractivity contribution in [2.45, 2.75) is 38.7 Å². The third-order valence-corrected chi connectivity index (χ3v) is 3.96. The van der Waals surface area contributed by atoms with Gasteiger partial charge in [-0.1, -0.05) is 44.2 Å². The highest BCUT2D eigenvalue weighted by atomic mass is 16.3. The van der Waals surface area contributed by atoms with Crippen molar-refractivity contribution in [3.8, 4) is 0 Å². The first-order valence-electron chi connectivity index (χ1n) is 5.90. The summed E-state index contributed by atoms with van der Waals surface area (Å²) in [6.45, 7) is 4.53. The summed E-state index contributed by atoms with van der Waals surface area (Å²) >= 11 is 0. The summed E-state index contributed by atoms with van der Waals surface area (Å²) in [7, 11) is 0. The van der Waals surface area contributed by atoms with Gasteiger partial charge >= 0.3 is 0 Å². The predicted octanol–water partition coefficient (Wildman–Crippen LogP) is 3.33. The van der Waals surface area contributed by atoms with E-state index in [1.54, 1.807) is 0 Å². The Labute approximate surface area is 92.1 Å². The predicted molar refractivity (Wildman–Crippen MR) is 62.5 cm³/mol. The minimum absolute atomic E-state index is 0.576. The van der Waals surface area contributed by atoms with Crippen molar-refractivity contribution in [3.63, 3.8) is 0 Å². The molecule has 1 fully saturated rings. The Bertz CT molecular complexity index is 319. The molecule has 0 spiro atoms. The van der Waals surface area contributed by atoms with Crippen LogP contribution in [0.3, 0.4) is 0 Å². The van der Waals surface area contributed by atoms with E-state index < -0.39 is 5.60 Å². The van der Waals surface area contributed by atoms with Crippen LogP contribution in [0.5, 0.6) is 0 Å². The lowest BCUT2D eigenvalue weighted by molar-refractivity contribution is -0.0336. The highest BCUT2D eigenvalue weighted by Gasteiger charge is 2.36. The normalized spacial score (nSPS) is 36.5. The van der Waals surface area contributed by atoms with Crippen molar-refractivity contribution in [1.29, 1.82) is 0 Å². The highest BCUT2D eigenvalue weighted by molar-refractivity contribution is 5.23. The SMILES string of the molecule is CC1CCC(O)(c2ccccc2)CC1C. The van der Waals surface area contributed by atoms with E-state index in [0.29, 0.717) is 5.92 Å². The van der Waals surface area contributed by atoms with Crippen molar-refractivity contribution >= 4 is 0 Å². The van der Waals surface area contributed by atoms with E-state index in [2.05, 4.69) is 13.8 Å². The minimum atomic E-state index is -0.576. The molecule has 1 N–H and O–H groups in total. The lowest BCUT2D eigenvalue weighted by Gasteiger charge is -2.39. The average Bonchev–Trinajstić information content (AvgIpc) is 2.26. The van der Waals surface area contributed by atoms with Gasteiger partial charge in [0.1, 0.15) is 0 Å². The Hall–Kier alpha value is -0.820. The maximum atomic E-state index is 10.6. The first-order valence-corrected chi connectivity index (χ1v) is 5.90. The number of rotatable bonds is 1. The molecule has 0 radical (unpaired) electrons. The molecule has 0 bridgehead atoms. The van der Waals surface area contributed by atoms with Gasteiger partial charge in [0, 0.05) is 0 Å². The third-order valence-electron chi connectivity index (χ3n) is 3.96. The lowest BCUT2D eigenvalue weighted by atomic mass is 9.70. The molecular formula is C14H20O. The second-order valence-electron chi connectivity index (χ2n) is 5.09. The van der Waals surface area contributed by atoms with Crippen LogP contribution in [-0.2, 0) is 5.60 Å². The zero-order chi connectivity index (χ0) is 10.9. The maximum absolute atomic E-state index is 10.6. The molecule has 0 aromatic heterocycles. The topological polar surface area (TPSA) is 20.2 Å². The molecule has 1 saturated carbocycles. The van der Waals surface area contributed by atoms with Gasteiger partial charge in [0.2, 0.25) is 0 Å². The van der Waals surface area contributed by atoms with Crippen LogP contribution < -0.4 is 0 Å². The fraction of sp³-hybridized carbons (Fsp3) is 0.571. The first kappa shape index (κ1) is 10.7. The van der Waals surface area contributed by atoms with Crippen molar-refractivity contribution in [1.82, 2.24) is 0 Å². The zero-order valence-corrected chi connectivity index (χ0v) is 9.61. The highest BCUT2D eigenvalue weighted by Crippen LogP contribution is 2.42. The number of aliphatic hydroxyl groups is 1. The molecule has 3 unspecified atom stereocenters. The summed E-state index contributed by atoms with van der Waals surface area (Å²) in [6.07, 6.45) is 2.94.